The second-order valence-corrected chi connectivity index (χ2v) is 6.46. The van der Waals surface area contributed by atoms with Gasteiger partial charge in [0.05, 0.1) is 11.3 Å². The lowest BCUT2D eigenvalue weighted by molar-refractivity contribution is 0.101. The molecule has 2 aromatic carbocycles. The fourth-order valence-electron chi connectivity index (χ4n) is 3.12. The fourth-order valence-corrected chi connectivity index (χ4v) is 3.12. The summed E-state index contributed by atoms with van der Waals surface area (Å²) in [6, 6.07) is 10.7. The molecule has 2 heterocycles. The van der Waals surface area contributed by atoms with Crippen LogP contribution in [-0.2, 0) is 0 Å². The third-order valence-corrected chi connectivity index (χ3v) is 4.50. The van der Waals surface area contributed by atoms with Crippen molar-refractivity contribution >= 4 is 16.8 Å². The molecule has 28 heavy (non-hydrogen) atoms. The molecule has 0 unspecified atom stereocenters. The third-order valence-electron chi connectivity index (χ3n) is 4.50. The van der Waals surface area contributed by atoms with Gasteiger partial charge in [-0.2, -0.15) is 0 Å². The summed E-state index contributed by atoms with van der Waals surface area (Å²) >= 11 is 0. The van der Waals surface area contributed by atoms with Crippen LogP contribution in [0, 0.1) is 25.5 Å². The molecule has 0 fully saturated rings. The van der Waals surface area contributed by atoms with Crippen LogP contribution in [0.25, 0.3) is 22.3 Å². The Balaban J connectivity index is 1.66. The van der Waals surface area contributed by atoms with E-state index in [-0.39, 0.29) is 5.56 Å². The Morgan fingerprint density at radius 3 is 2.64 bits per heavy atom. The van der Waals surface area contributed by atoms with Crippen molar-refractivity contribution in [1.29, 1.82) is 0 Å². The van der Waals surface area contributed by atoms with Crippen molar-refractivity contribution in [2.45, 2.75) is 13.8 Å². The summed E-state index contributed by atoms with van der Waals surface area (Å²) in [5.41, 5.74) is 5.00. The molecule has 7 heteroatoms. The standard InChI is InChI=1S/C21H16F2N4O/c1-12-11-27(19-16(12)7-4-8-18(19)23)26-21(28)17-10-24-20(25-13(17)2)14-5-3-6-15(22)9-14/h3-11H,1-2H3,(H,26,28). The van der Waals surface area contributed by atoms with Crippen LogP contribution in [0.5, 0.6) is 0 Å². The molecule has 140 valence electrons. The van der Waals surface area contributed by atoms with Gasteiger partial charge < -0.3 is 0 Å². The second-order valence-electron chi connectivity index (χ2n) is 6.46. The molecule has 4 rings (SSSR count). The topological polar surface area (TPSA) is 59.8 Å². The van der Waals surface area contributed by atoms with E-state index in [2.05, 4.69) is 15.4 Å². The van der Waals surface area contributed by atoms with Crippen LogP contribution >= 0.6 is 0 Å². The maximum absolute atomic E-state index is 14.2. The number of benzene rings is 2. The molecule has 1 N–H and O–H groups in total. The molecule has 0 saturated heterocycles. The van der Waals surface area contributed by atoms with Crippen LogP contribution in [0.4, 0.5) is 8.78 Å². The van der Waals surface area contributed by atoms with E-state index in [9.17, 15) is 13.6 Å². The van der Waals surface area contributed by atoms with E-state index in [1.165, 1.54) is 29.1 Å². The van der Waals surface area contributed by atoms with Gasteiger partial charge in [-0.1, -0.05) is 24.3 Å². The number of carbonyl (C=O) groups excluding carboxylic acids is 1. The average Bonchev–Trinajstić information content (AvgIpc) is 2.98. The number of nitrogens with one attached hydrogen (secondary N) is 1. The van der Waals surface area contributed by atoms with Crippen molar-refractivity contribution in [1.82, 2.24) is 14.6 Å². The predicted octanol–water partition coefficient (Wildman–Crippen LogP) is 4.38. The van der Waals surface area contributed by atoms with Crippen molar-refractivity contribution in [3.8, 4) is 11.4 Å². The van der Waals surface area contributed by atoms with Crippen molar-refractivity contribution in [2.75, 3.05) is 5.43 Å². The van der Waals surface area contributed by atoms with E-state index in [0.29, 0.717) is 22.6 Å². The van der Waals surface area contributed by atoms with Crippen LogP contribution in [0.1, 0.15) is 21.6 Å². The van der Waals surface area contributed by atoms with Gasteiger partial charge in [0.2, 0.25) is 0 Å². The van der Waals surface area contributed by atoms with Crippen molar-refractivity contribution < 1.29 is 13.6 Å². The molecular formula is C21H16F2N4O. The molecular weight excluding hydrogens is 362 g/mol. The Hall–Kier alpha value is -3.61. The minimum atomic E-state index is -0.469. The number of hydrogen-bond acceptors (Lipinski definition) is 3. The molecule has 0 radical (unpaired) electrons. The van der Waals surface area contributed by atoms with Crippen LogP contribution in [0.15, 0.2) is 54.9 Å². The first-order chi connectivity index (χ1) is 13.4. The number of aromatic nitrogens is 3. The van der Waals surface area contributed by atoms with E-state index in [4.69, 9.17) is 0 Å². The SMILES string of the molecule is Cc1nc(-c2cccc(F)c2)ncc1C(=O)Nn1cc(C)c2cccc(F)c21. The summed E-state index contributed by atoms with van der Waals surface area (Å²) in [6.07, 6.45) is 3.04. The number of para-hydroxylation sites is 1. The predicted molar refractivity (Wildman–Crippen MR) is 102 cm³/mol. The zero-order valence-electron chi connectivity index (χ0n) is 15.2. The molecule has 0 aliphatic rings. The second kappa shape index (κ2) is 6.84. The lowest BCUT2D eigenvalue weighted by atomic mass is 10.2. The summed E-state index contributed by atoms with van der Waals surface area (Å²) in [6.45, 7) is 3.51. The summed E-state index contributed by atoms with van der Waals surface area (Å²) in [7, 11) is 0. The highest BCUT2D eigenvalue weighted by atomic mass is 19.1. The maximum atomic E-state index is 14.2. The average molecular weight is 378 g/mol. The molecule has 0 aliphatic carbocycles. The van der Waals surface area contributed by atoms with Gasteiger partial charge in [-0.25, -0.2) is 18.7 Å². The number of carbonyl (C=O) groups is 1. The minimum Gasteiger partial charge on any atom is -0.267 e. The van der Waals surface area contributed by atoms with E-state index in [1.807, 2.05) is 6.92 Å². The van der Waals surface area contributed by atoms with Crippen molar-refractivity contribution in [2.24, 2.45) is 0 Å². The number of nitrogens with zero attached hydrogens (tertiary/aromatic N) is 3. The van der Waals surface area contributed by atoms with Gasteiger partial charge >= 0.3 is 0 Å². The van der Waals surface area contributed by atoms with Gasteiger partial charge in [0.15, 0.2) is 5.82 Å². The Morgan fingerprint density at radius 2 is 1.89 bits per heavy atom. The quantitative estimate of drug-likeness (QED) is 0.576. The molecule has 4 aromatic rings. The van der Waals surface area contributed by atoms with Crippen molar-refractivity contribution in [3.05, 3.63) is 83.3 Å². The Labute approximate surface area is 159 Å². The van der Waals surface area contributed by atoms with Gasteiger partial charge in [-0.3, -0.25) is 14.9 Å². The first-order valence-electron chi connectivity index (χ1n) is 8.61. The molecule has 0 atom stereocenters. The monoisotopic (exact) mass is 378 g/mol. The lowest BCUT2D eigenvalue weighted by Crippen LogP contribution is -2.23. The van der Waals surface area contributed by atoms with Gasteiger partial charge in [0, 0.05) is 23.3 Å². The van der Waals surface area contributed by atoms with E-state index in [0.717, 1.165) is 10.9 Å². The third kappa shape index (κ3) is 3.11. The maximum Gasteiger partial charge on any atom is 0.273 e. The van der Waals surface area contributed by atoms with Gasteiger partial charge in [-0.15, -0.1) is 0 Å². The molecule has 1 amide bonds. The summed E-state index contributed by atoms with van der Waals surface area (Å²) in [4.78, 5) is 21.2. The van der Waals surface area contributed by atoms with E-state index in [1.54, 1.807) is 37.4 Å². The Bertz CT molecular complexity index is 1220. The van der Waals surface area contributed by atoms with Crippen LogP contribution in [-0.4, -0.2) is 20.6 Å². The Morgan fingerprint density at radius 1 is 1.11 bits per heavy atom. The number of amides is 1. The van der Waals surface area contributed by atoms with Gasteiger partial charge in [0.1, 0.15) is 17.2 Å². The van der Waals surface area contributed by atoms with Crippen LogP contribution in [0.3, 0.4) is 0 Å². The highest BCUT2D eigenvalue weighted by Gasteiger charge is 2.16. The summed E-state index contributed by atoms with van der Waals surface area (Å²) in [5.74, 6) is -0.969. The largest absolute Gasteiger partial charge is 0.273 e. The lowest BCUT2D eigenvalue weighted by Gasteiger charge is -2.10. The van der Waals surface area contributed by atoms with Crippen LogP contribution in [0.2, 0.25) is 0 Å². The van der Waals surface area contributed by atoms with Crippen molar-refractivity contribution in [3.63, 3.8) is 0 Å². The highest BCUT2D eigenvalue weighted by Crippen LogP contribution is 2.23. The summed E-state index contributed by atoms with van der Waals surface area (Å²) < 4.78 is 29.0. The zero-order valence-corrected chi connectivity index (χ0v) is 15.2. The van der Waals surface area contributed by atoms with Crippen LogP contribution < -0.4 is 5.43 Å². The van der Waals surface area contributed by atoms with E-state index >= 15 is 0 Å². The smallest absolute Gasteiger partial charge is 0.267 e. The first kappa shape index (κ1) is 17.8. The molecule has 0 saturated carbocycles. The molecule has 0 bridgehead atoms. The molecule has 0 aliphatic heterocycles. The van der Waals surface area contributed by atoms with E-state index < -0.39 is 17.5 Å². The number of rotatable bonds is 3. The summed E-state index contributed by atoms with van der Waals surface area (Å²) in [5, 5.41) is 0.717. The number of hydrogen-bond donors (Lipinski definition) is 1. The van der Waals surface area contributed by atoms with Gasteiger partial charge in [0.25, 0.3) is 5.91 Å². The fraction of sp³-hybridized carbons (Fsp3) is 0.0952. The normalized spacial score (nSPS) is 11.0. The number of halogens is 2. The first-order valence-corrected chi connectivity index (χ1v) is 8.61. The van der Waals surface area contributed by atoms with Gasteiger partial charge in [-0.05, 0) is 37.6 Å². The molecule has 2 aromatic heterocycles. The highest BCUT2D eigenvalue weighted by molar-refractivity contribution is 6.01. The minimum absolute atomic E-state index is 0.246. The number of fused-ring (bicyclic) bond motifs is 1. The molecule has 5 nitrogen and oxygen atoms in total. The molecule has 0 spiro atoms. The zero-order chi connectivity index (χ0) is 19.8. The number of aryl methyl sites for hydroxylation is 2. The Kier molecular flexibility index (Phi) is 4.35.